The lowest BCUT2D eigenvalue weighted by Gasteiger charge is -2.35. The van der Waals surface area contributed by atoms with E-state index < -0.39 is 44.5 Å². The van der Waals surface area contributed by atoms with Crippen molar-refractivity contribution in [1.82, 2.24) is 14.1 Å². The molecule has 0 bridgehead atoms. The van der Waals surface area contributed by atoms with Crippen molar-refractivity contribution in [3.8, 4) is 0 Å². The Morgan fingerprint density at radius 2 is 1.80 bits per heavy atom. The molecule has 3 heterocycles. The minimum Gasteiger partial charge on any atom is -0.507 e. The van der Waals surface area contributed by atoms with Crippen LogP contribution in [0.1, 0.15) is 11.1 Å². The number of hydrogen-bond acceptors (Lipinski definition) is 8. The molecule has 1 atom stereocenters. The molecular formula is C29H32N4O7S. The van der Waals surface area contributed by atoms with Crippen molar-refractivity contribution in [3.05, 3.63) is 77.9 Å². The topological polar surface area (TPSA) is 128 Å². The van der Waals surface area contributed by atoms with Crippen LogP contribution in [-0.2, 0) is 34.7 Å². The lowest BCUT2D eigenvalue weighted by Crippen LogP contribution is -2.53. The summed E-state index contributed by atoms with van der Waals surface area (Å²) in [5.74, 6) is -3.14. The number of benzene rings is 2. The normalized spacial score (nSPS) is 22.7. The number of morpholine rings is 1. The summed E-state index contributed by atoms with van der Waals surface area (Å²) in [5, 5.41) is 11.7. The molecule has 1 N–H and O–H groups in total. The van der Waals surface area contributed by atoms with Crippen molar-refractivity contribution in [2.75, 3.05) is 64.9 Å². The summed E-state index contributed by atoms with van der Waals surface area (Å²) in [6.07, 6.45) is 1.54. The second-order valence-electron chi connectivity index (χ2n) is 10.3. The van der Waals surface area contributed by atoms with Gasteiger partial charge in [-0.3, -0.25) is 14.4 Å². The molecule has 2 aromatic rings. The zero-order chi connectivity index (χ0) is 29.5. The number of aliphatic hydroxyl groups excluding tert-OH is 1. The number of carbonyl (C=O) groups is 3. The summed E-state index contributed by atoms with van der Waals surface area (Å²) >= 11 is 0. The third-order valence-electron chi connectivity index (χ3n) is 7.61. The first-order valence-corrected chi connectivity index (χ1v) is 14.7. The van der Waals surface area contributed by atoms with Gasteiger partial charge in [0, 0.05) is 43.9 Å². The Hall–Kier alpha value is -3.84. The highest BCUT2D eigenvalue weighted by atomic mass is 32.2. The van der Waals surface area contributed by atoms with E-state index in [1.807, 2.05) is 4.90 Å². The molecule has 3 aliphatic heterocycles. The molecule has 1 spiro atoms. The van der Waals surface area contributed by atoms with Crippen molar-refractivity contribution in [1.29, 1.82) is 0 Å². The van der Waals surface area contributed by atoms with Crippen LogP contribution in [-0.4, -0.2) is 105 Å². The fourth-order valence-corrected chi connectivity index (χ4v) is 7.12. The van der Waals surface area contributed by atoms with Gasteiger partial charge in [0.2, 0.25) is 10.0 Å². The number of fused-ring (bicyclic) bond motifs is 2. The van der Waals surface area contributed by atoms with Crippen molar-refractivity contribution >= 4 is 39.1 Å². The molecule has 12 heteroatoms. The lowest BCUT2D eigenvalue weighted by atomic mass is 9.82. The van der Waals surface area contributed by atoms with Crippen molar-refractivity contribution in [3.63, 3.8) is 0 Å². The SMILES string of the molecule is C=CCN1C(=O)C2(/C(=C(\O)c3cccc(S(=O)(=O)N4CCOCC4)c3)C(=O)C(=O)N2CCN(C)C)c2ccccc21. The maximum atomic E-state index is 14.4. The Morgan fingerprint density at radius 3 is 2.49 bits per heavy atom. The molecule has 216 valence electrons. The molecule has 11 nitrogen and oxygen atoms in total. The quantitative estimate of drug-likeness (QED) is 0.215. The number of para-hydroxylation sites is 1. The van der Waals surface area contributed by atoms with Crippen LogP contribution in [0.3, 0.4) is 0 Å². The van der Waals surface area contributed by atoms with E-state index in [0.29, 0.717) is 17.8 Å². The Balaban J connectivity index is 1.73. The monoisotopic (exact) mass is 580 g/mol. The summed E-state index contributed by atoms with van der Waals surface area (Å²) in [5.41, 5.74) is -1.47. The van der Waals surface area contributed by atoms with Crippen LogP contribution in [0.15, 0.2) is 71.7 Å². The first-order valence-electron chi connectivity index (χ1n) is 13.2. The average Bonchev–Trinajstić information content (AvgIpc) is 3.35. The molecule has 5 rings (SSSR count). The maximum absolute atomic E-state index is 14.4. The Bertz CT molecular complexity index is 1560. The first-order chi connectivity index (χ1) is 19.6. The second kappa shape index (κ2) is 10.9. The summed E-state index contributed by atoms with van der Waals surface area (Å²) < 4.78 is 33.3. The average molecular weight is 581 g/mol. The fraction of sp³-hybridized carbons (Fsp3) is 0.345. The summed E-state index contributed by atoms with van der Waals surface area (Å²) in [6.45, 7) is 5.13. The zero-order valence-electron chi connectivity index (χ0n) is 22.9. The van der Waals surface area contributed by atoms with Gasteiger partial charge >= 0.3 is 0 Å². The number of likely N-dealkylation sites (N-methyl/N-ethyl adjacent to an activating group) is 1. The maximum Gasteiger partial charge on any atom is 0.296 e. The van der Waals surface area contributed by atoms with Crippen molar-refractivity contribution in [2.24, 2.45) is 0 Å². The number of Topliss-reactive ketones (excluding diaryl/α,β-unsaturated/α-hetero) is 1. The molecule has 0 aliphatic carbocycles. The molecule has 41 heavy (non-hydrogen) atoms. The van der Waals surface area contributed by atoms with Gasteiger partial charge in [-0.25, -0.2) is 8.42 Å². The Labute approximate surface area is 238 Å². The molecule has 0 saturated carbocycles. The van der Waals surface area contributed by atoms with Gasteiger partial charge in [0.15, 0.2) is 5.54 Å². The number of ether oxygens (including phenoxy) is 1. The largest absolute Gasteiger partial charge is 0.507 e. The molecule has 0 radical (unpaired) electrons. The van der Waals surface area contributed by atoms with E-state index >= 15 is 0 Å². The van der Waals surface area contributed by atoms with E-state index in [-0.39, 0.29) is 49.9 Å². The van der Waals surface area contributed by atoms with E-state index in [1.54, 1.807) is 44.4 Å². The van der Waals surface area contributed by atoms with Crippen LogP contribution in [0.25, 0.3) is 5.76 Å². The number of ketones is 1. The zero-order valence-corrected chi connectivity index (χ0v) is 23.8. The number of sulfonamides is 1. The number of nitrogens with zero attached hydrogens (tertiary/aromatic N) is 4. The molecule has 1 unspecified atom stereocenters. The molecule has 2 saturated heterocycles. The van der Waals surface area contributed by atoms with Crippen LogP contribution in [0.2, 0.25) is 0 Å². The second-order valence-corrected chi connectivity index (χ2v) is 12.2. The number of aliphatic hydroxyl groups is 1. The van der Waals surface area contributed by atoms with Gasteiger partial charge in [0.1, 0.15) is 5.76 Å². The number of likely N-dealkylation sites (tertiary alicyclic amines) is 1. The number of hydrogen-bond donors (Lipinski definition) is 1. The van der Waals surface area contributed by atoms with Gasteiger partial charge < -0.3 is 24.5 Å². The molecule has 0 aromatic heterocycles. The van der Waals surface area contributed by atoms with E-state index in [4.69, 9.17) is 4.74 Å². The Morgan fingerprint density at radius 1 is 1.10 bits per heavy atom. The van der Waals surface area contributed by atoms with E-state index in [9.17, 15) is 27.9 Å². The lowest BCUT2D eigenvalue weighted by molar-refractivity contribution is -0.143. The van der Waals surface area contributed by atoms with Crippen LogP contribution >= 0.6 is 0 Å². The van der Waals surface area contributed by atoms with Crippen LogP contribution < -0.4 is 4.90 Å². The van der Waals surface area contributed by atoms with Crippen molar-refractivity contribution < 1.29 is 32.6 Å². The van der Waals surface area contributed by atoms with Gasteiger partial charge in [-0.15, -0.1) is 6.58 Å². The number of anilines is 1. The highest BCUT2D eigenvalue weighted by Gasteiger charge is 2.66. The third-order valence-corrected chi connectivity index (χ3v) is 9.50. The van der Waals surface area contributed by atoms with E-state index in [1.165, 1.54) is 38.4 Å². The number of rotatable bonds is 8. The first kappa shape index (κ1) is 28.7. The minimum absolute atomic E-state index is 0.00299. The highest BCUT2D eigenvalue weighted by molar-refractivity contribution is 7.89. The summed E-state index contributed by atoms with van der Waals surface area (Å²) in [7, 11) is -0.325. The predicted octanol–water partition coefficient (Wildman–Crippen LogP) is 1.38. The van der Waals surface area contributed by atoms with Crippen LogP contribution in [0.4, 0.5) is 5.69 Å². The third kappa shape index (κ3) is 4.47. The van der Waals surface area contributed by atoms with E-state index in [2.05, 4.69) is 6.58 Å². The Kier molecular flexibility index (Phi) is 7.60. The fourth-order valence-electron chi connectivity index (χ4n) is 5.66. The van der Waals surface area contributed by atoms with Crippen molar-refractivity contribution in [2.45, 2.75) is 10.4 Å². The molecular weight excluding hydrogens is 548 g/mol. The van der Waals surface area contributed by atoms with Gasteiger partial charge in [-0.2, -0.15) is 4.31 Å². The van der Waals surface area contributed by atoms with Gasteiger partial charge in [-0.05, 0) is 32.3 Å². The minimum atomic E-state index is -3.93. The number of carbonyl (C=O) groups excluding carboxylic acids is 3. The molecule has 2 fully saturated rings. The standard InChI is InChI=1S/C29H32N4O7S/c1-4-12-32-23-11-6-5-10-22(23)29(28(32)37)24(26(35)27(36)33(29)14-13-30(2)3)25(34)20-8-7-9-21(19-20)41(38,39)31-15-17-40-18-16-31/h4-11,19,34H,1,12-18H2,2-3H3/b25-24-. The molecule has 2 aromatic carbocycles. The summed E-state index contributed by atoms with van der Waals surface area (Å²) in [4.78, 5) is 46.1. The van der Waals surface area contributed by atoms with Gasteiger partial charge in [-0.1, -0.05) is 36.4 Å². The number of amides is 2. The van der Waals surface area contributed by atoms with E-state index in [0.717, 1.165) is 0 Å². The van der Waals surface area contributed by atoms with Gasteiger partial charge in [0.25, 0.3) is 17.6 Å². The van der Waals surface area contributed by atoms with Crippen LogP contribution in [0.5, 0.6) is 0 Å². The summed E-state index contributed by atoms with van der Waals surface area (Å²) in [6, 6.07) is 12.4. The van der Waals surface area contributed by atoms with Crippen LogP contribution in [0, 0.1) is 0 Å². The smallest absolute Gasteiger partial charge is 0.296 e. The van der Waals surface area contributed by atoms with Gasteiger partial charge in [0.05, 0.1) is 29.4 Å². The molecule has 2 amide bonds. The highest BCUT2D eigenvalue weighted by Crippen LogP contribution is 2.53. The predicted molar refractivity (Wildman–Crippen MR) is 152 cm³/mol. The molecule has 3 aliphatic rings.